The lowest BCUT2D eigenvalue weighted by Crippen LogP contribution is -2.01. The van der Waals surface area contributed by atoms with Crippen LogP contribution in [0, 0.1) is 12.7 Å². The van der Waals surface area contributed by atoms with Gasteiger partial charge in [0.25, 0.3) is 0 Å². The van der Waals surface area contributed by atoms with Gasteiger partial charge in [0.05, 0.1) is 5.02 Å². The Kier molecular flexibility index (Phi) is 3.24. The standard InChI is InChI=1S/C16H12ClFO2/c1-9-5-6-11(18)8-12(9)15(19)14-7-10-3-2-4-13(17)16(10)20-14/h2-8,15,19H,1H3. The van der Waals surface area contributed by atoms with Crippen LogP contribution in [0.25, 0.3) is 11.0 Å². The zero-order chi connectivity index (χ0) is 14.3. The molecule has 1 atom stereocenters. The number of aliphatic hydroxyl groups is 1. The SMILES string of the molecule is Cc1ccc(F)cc1C(O)c1cc2cccc(Cl)c2o1. The number of rotatable bonds is 2. The molecule has 3 aromatic rings. The second kappa shape index (κ2) is 4.93. The van der Waals surface area contributed by atoms with Crippen molar-refractivity contribution in [2.75, 3.05) is 0 Å². The van der Waals surface area contributed by atoms with Crippen LogP contribution in [0.1, 0.15) is 23.0 Å². The van der Waals surface area contributed by atoms with Crippen molar-refractivity contribution in [3.8, 4) is 0 Å². The number of aryl methyl sites for hydroxylation is 1. The molecule has 2 aromatic carbocycles. The van der Waals surface area contributed by atoms with E-state index in [1.165, 1.54) is 12.1 Å². The third-order valence-corrected chi connectivity index (χ3v) is 3.62. The number of para-hydroxylation sites is 1. The highest BCUT2D eigenvalue weighted by Crippen LogP contribution is 2.33. The third kappa shape index (κ3) is 2.19. The minimum atomic E-state index is -1.02. The number of benzene rings is 2. The summed E-state index contributed by atoms with van der Waals surface area (Å²) >= 11 is 6.04. The molecular weight excluding hydrogens is 279 g/mol. The van der Waals surface area contributed by atoms with Crippen molar-refractivity contribution in [1.29, 1.82) is 0 Å². The summed E-state index contributed by atoms with van der Waals surface area (Å²) in [7, 11) is 0. The topological polar surface area (TPSA) is 33.4 Å². The Morgan fingerprint density at radius 2 is 2.00 bits per heavy atom. The largest absolute Gasteiger partial charge is 0.456 e. The molecule has 0 bridgehead atoms. The summed E-state index contributed by atoms with van der Waals surface area (Å²) in [6.45, 7) is 1.81. The zero-order valence-corrected chi connectivity index (χ0v) is 11.5. The fourth-order valence-corrected chi connectivity index (χ4v) is 2.46. The Hall–Kier alpha value is -1.84. The van der Waals surface area contributed by atoms with E-state index in [0.29, 0.717) is 21.9 Å². The van der Waals surface area contributed by atoms with E-state index in [0.717, 1.165) is 10.9 Å². The molecule has 0 amide bonds. The van der Waals surface area contributed by atoms with Gasteiger partial charge >= 0.3 is 0 Å². The van der Waals surface area contributed by atoms with E-state index < -0.39 is 11.9 Å². The van der Waals surface area contributed by atoms with Crippen molar-refractivity contribution in [3.63, 3.8) is 0 Å². The van der Waals surface area contributed by atoms with Crippen molar-refractivity contribution in [2.24, 2.45) is 0 Å². The molecule has 4 heteroatoms. The third-order valence-electron chi connectivity index (χ3n) is 3.32. The van der Waals surface area contributed by atoms with Crippen LogP contribution >= 0.6 is 11.6 Å². The monoisotopic (exact) mass is 290 g/mol. The molecule has 1 unspecified atom stereocenters. The molecule has 0 aliphatic heterocycles. The van der Waals surface area contributed by atoms with Gasteiger partial charge in [-0.25, -0.2) is 4.39 Å². The molecule has 1 N–H and O–H groups in total. The fourth-order valence-electron chi connectivity index (χ4n) is 2.24. The Morgan fingerprint density at radius 1 is 1.20 bits per heavy atom. The number of furan rings is 1. The highest BCUT2D eigenvalue weighted by Gasteiger charge is 2.19. The van der Waals surface area contributed by atoms with Crippen molar-refractivity contribution < 1.29 is 13.9 Å². The molecular formula is C16H12ClFO2. The van der Waals surface area contributed by atoms with Crippen molar-refractivity contribution in [2.45, 2.75) is 13.0 Å². The van der Waals surface area contributed by atoms with Gasteiger partial charge in [0.2, 0.25) is 0 Å². The summed E-state index contributed by atoms with van der Waals surface area (Å²) in [5.74, 6) is -0.0411. The predicted octanol–water partition coefficient (Wildman–Crippen LogP) is 4.62. The first kappa shape index (κ1) is 13.2. The summed E-state index contributed by atoms with van der Waals surface area (Å²) in [5, 5.41) is 11.7. The van der Waals surface area contributed by atoms with Crippen LogP contribution in [0.15, 0.2) is 46.9 Å². The van der Waals surface area contributed by atoms with Gasteiger partial charge < -0.3 is 9.52 Å². The summed E-state index contributed by atoms with van der Waals surface area (Å²) in [4.78, 5) is 0. The summed E-state index contributed by atoms with van der Waals surface area (Å²) in [6.07, 6.45) is -1.02. The van der Waals surface area contributed by atoms with E-state index in [2.05, 4.69) is 0 Å². The lowest BCUT2D eigenvalue weighted by molar-refractivity contribution is 0.191. The fraction of sp³-hybridized carbons (Fsp3) is 0.125. The maximum atomic E-state index is 13.3. The number of fused-ring (bicyclic) bond motifs is 1. The maximum Gasteiger partial charge on any atom is 0.153 e. The highest BCUT2D eigenvalue weighted by atomic mass is 35.5. The van der Waals surface area contributed by atoms with Crippen molar-refractivity contribution >= 4 is 22.6 Å². The molecule has 2 nitrogen and oxygen atoms in total. The molecule has 1 aromatic heterocycles. The molecule has 0 aliphatic rings. The second-order valence-electron chi connectivity index (χ2n) is 4.71. The van der Waals surface area contributed by atoms with Crippen LogP contribution in [0.5, 0.6) is 0 Å². The zero-order valence-electron chi connectivity index (χ0n) is 10.7. The van der Waals surface area contributed by atoms with E-state index in [1.807, 2.05) is 19.1 Å². The molecule has 0 spiro atoms. The van der Waals surface area contributed by atoms with E-state index in [9.17, 15) is 9.50 Å². The van der Waals surface area contributed by atoms with Crippen LogP contribution in [0.3, 0.4) is 0 Å². The molecule has 0 aliphatic carbocycles. The Balaban J connectivity index is 2.10. The van der Waals surface area contributed by atoms with E-state index in [-0.39, 0.29) is 0 Å². The first-order valence-corrected chi connectivity index (χ1v) is 6.56. The van der Waals surface area contributed by atoms with Gasteiger partial charge in [0.15, 0.2) is 5.58 Å². The molecule has 0 saturated heterocycles. The number of hydrogen-bond acceptors (Lipinski definition) is 2. The van der Waals surface area contributed by atoms with Gasteiger partial charge in [-0.1, -0.05) is 29.8 Å². The summed E-state index contributed by atoms with van der Waals surface area (Å²) in [6, 6.07) is 11.4. The summed E-state index contributed by atoms with van der Waals surface area (Å²) in [5.41, 5.74) is 1.81. The van der Waals surface area contributed by atoms with Crippen LogP contribution < -0.4 is 0 Å². The first-order chi connectivity index (χ1) is 9.56. The van der Waals surface area contributed by atoms with Crippen LogP contribution in [0.4, 0.5) is 4.39 Å². The molecule has 102 valence electrons. The van der Waals surface area contributed by atoms with E-state index >= 15 is 0 Å². The lowest BCUT2D eigenvalue weighted by atomic mass is 10.0. The highest BCUT2D eigenvalue weighted by molar-refractivity contribution is 6.34. The second-order valence-corrected chi connectivity index (χ2v) is 5.12. The van der Waals surface area contributed by atoms with Gasteiger partial charge in [-0.2, -0.15) is 0 Å². The Morgan fingerprint density at radius 3 is 2.75 bits per heavy atom. The normalized spacial score (nSPS) is 12.8. The first-order valence-electron chi connectivity index (χ1n) is 6.18. The summed E-state index contributed by atoms with van der Waals surface area (Å²) < 4.78 is 18.9. The Bertz CT molecular complexity index is 779. The molecule has 20 heavy (non-hydrogen) atoms. The van der Waals surface area contributed by atoms with E-state index in [1.54, 1.807) is 18.2 Å². The van der Waals surface area contributed by atoms with Crippen LogP contribution in [0.2, 0.25) is 5.02 Å². The number of aliphatic hydroxyl groups excluding tert-OH is 1. The van der Waals surface area contributed by atoms with Gasteiger partial charge in [0, 0.05) is 5.39 Å². The molecule has 3 rings (SSSR count). The van der Waals surface area contributed by atoms with Crippen LogP contribution in [-0.2, 0) is 0 Å². The van der Waals surface area contributed by atoms with Crippen LogP contribution in [-0.4, -0.2) is 5.11 Å². The minimum Gasteiger partial charge on any atom is -0.456 e. The number of halogens is 2. The van der Waals surface area contributed by atoms with Crippen molar-refractivity contribution in [3.05, 3.63) is 70.2 Å². The van der Waals surface area contributed by atoms with E-state index in [4.69, 9.17) is 16.0 Å². The maximum absolute atomic E-state index is 13.3. The average molecular weight is 291 g/mol. The quantitative estimate of drug-likeness (QED) is 0.747. The molecule has 0 radical (unpaired) electrons. The number of hydrogen-bond donors (Lipinski definition) is 1. The minimum absolute atomic E-state index is 0.349. The molecule has 1 heterocycles. The van der Waals surface area contributed by atoms with Crippen molar-refractivity contribution in [1.82, 2.24) is 0 Å². The van der Waals surface area contributed by atoms with Gasteiger partial charge in [-0.05, 0) is 42.3 Å². The van der Waals surface area contributed by atoms with Gasteiger partial charge in [-0.15, -0.1) is 0 Å². The average Bonchev–Trinajstić information content (AvgIpc) is 2.86. The predicted molar refractivity (Wildman–Crippen MR) is 76.4 cm³/mol. The molecule has 0 saturated carbocycles. The Labute approximate surface area is 120 Å². The van der Waals surface area contributed by atoms with Gasteiger partial charge in [-0.3, -0.25) is 0 Å². The molecule has 0 fully saturated rings. The van der Waals surface area contributed by atoms with Gasteiger partial charge in [0.1, 0.15) is 17.7 Å². The lowest BCUT2D eigenvalue weighted by Gasteiger charge is -2.11. The smallest absolute Gasteiger partial charge is 0.153 e.